The minimum Gasteiger partial charge on any atom is -0.467 e. The highest BCUT2D eigenvalue weighted by molar-refractivity contribution is 7.80. The van der Waals surface area contributed by atoms with Crippen LogP contribution in [0.15, 0.2) is 0 Å². The van der Waals surface area contributed by atoms with Crippen LogP contribution in [0.5, 0.6) is 0 Å². The van der Waals surface area contributed by atoms with Gasteiger partial charge in [0.1, 0.15) is 6.04 Å². The third-order valence-electron chi connectivity index (χ3n) is 1.58. The molecule has 0 bridgehead atoms. The molecule has 0 aliphatic heterocycles. The van der Waals surface area contributed by atoms with Crippen LogP contribution in [-0.2, 0) is 19.1 Å². The Labute approximate surface area is 104 Å². The highest BCUT2D eigenvalue weighted by Gasteiger charge is 2.23. The summed E-state index contributed by atoms with van der Waals surface area (Å²) >= 11 is 7.73. The molecule has 92 valence electrons. The molecule has 0 aromatic carbocycles. The van der Waals surface area contributed by atoms with Gasteiger partial charge in [0.25, 0.3) is 0 Å². The number of thiol groups is 2. The maximum atomic E-state index is 11.2. The molecule has 2 N–H and O–H groups in total. The van der Waals surface area contributed by atoms with Gasteiger partial charge in [-0.2, -0.15) is 25.3 Å². The Balaban J connectivity index is 4.19. The molecule has 0 aromatic rings. The van der Waals surface area contributed by atoms with Crippen molar-refractivity contribution in [1.29, 1.82) is 0 Å². The van der Waals surface area contributed by atoms with E-state index in [-0.39, 0.29) is 12.3 Å². The molecule has 1 unspecified atom stereocenters. The molecule has 2 amide bonds. The highest BCUT2D eigenvalue weighted by Crippen LogP contribution is 1.91. The van der Waals surface area contributed by atoms with Gasteiger partial charge in [-0.25, -0.2) is 4.79 Å². The number of nitrogens with one attached hydrogen (secondary N) is 2. The van der Waals surface area contributed by atoms with Gasteiger partial charge in [0.2, 0.25) is 0 Å². The Kier molecular flexibility index (Phi) is 7.82. The number of carbonyl (C=O) groups excluding carboxylic acids is 3. The summed E-state index contributed by atoms with van der Waals surface area (Å²) in [5.74, 6) is -1.88. The lowest BCUT2D eigenvalue weighted by Crippen LogP contribution is -2.49. The lowest BCUT2D eigenvalue weighted by Gasteiger charge is -2.13. The smallest absolute Gasteiger partial charge is 0.329 e. The van der Waals surface area contributed by atoms with Crippen molar-refractivity contribution in [3.63, 3.8) is 0 Å². The van der Waals surface area contributed by atoms with Crippen LogP contribution in [0.25, 0.3) is 0 Å². The van der Waals surface area contributed by atoms with E-state index >= 15 is 0 Å². The first kappa shape index (κ1) is 15.1. The zero-order valence-electron chi connectivity index (χ0n) is 8.73. The maximum Gasteiger partial charge on any atom is 0.329 e. The molecule has 8 heteroatoms. The van der Waals surface area contributed by atoms with Crippen LogP contribution >= 0.6 is 25.3 Å². The van der Waals surface area contributed by atoms with E-state index in [0.29, 0.717) is 5.75 Å². The number of rotatable bonds is 5. The van der Waals surface area contributed by atoms with Gasteiger partial charge in [0, 0.05) is 18.1 Å². The molecular formula is C8H14N2O4S2. The first-order chi connectivity index (χ1) is 7.56. The molecule has 0 rings (SSSR count). The second-order valence-electron chi connectivity index (χ2n) is 2.71. The number of hydrogen-bond donors (Lipinski definition) is 4. The third kappa shape index (κ3) is 5.26. The molecule has 0 aliphatic carbocycles. The molecule has 1 atom stereocenters. The van der Waals surface area contributed by atoms with E-state index in [4.69, 9.17) is 0 Å². The normalized spacial score (nSPS) is 11.4. The largest absolute Gasteiger partial charge is 0.467 e. The molecule has 0 radical (unpaired) electrons. The number of esters is 1. The predicted molar refractivity (Wildman–Crippen MR) is 64.7 cm³/mol. The summed E-state index contributed by atoms with van der Waals surface area (Å²) in [4.78, 5) is 33.5. The molecular weight excluding hydrogens is 252 g/mol. The standard InChI is InChI=1S/C8H14N2O4S2/c1-14-8(13)5(4-16)10-7(12)6(11)9-2-3-15/h5,15-16H,2-4H2,1H3,(H,9,11)(H,10,12). The van der Waals surface area contributed by atoms with Crippen LogP contribution in [-0.4, -0.2) is 49.0 Å². The predicted octanol–water partition coefficient (Wildman–Crippen LogP) is -1.38. The Bertz CT molecular complexity index is 273. The number of methoxy groups -OCH3 is 1. The summed E-state index contributed by atoms with van der Waals surface area (Å²) in [6.45, 7) is 0.277. The molecule has 6 nitrogen and oxygen atoms in total. The van der Waals surface area contributed by atoms with E-state index in [1.807, 2.05) is 0 Å². The number of hydrogen-bond acceptors (Lipinski definition) is 6. The lowest BCUT2D eigenvalue weighted by atomic mass is 10.3. The second-order valence-corrected chi connectivity index (χ2v) is 3.52. The molecule has 0 spiro atoms. The third-order valence-corrected chi connectivity index (χ3v) is 2.17. The van der Waals surface area contributed by atoms with Crippen LogP contribution < -0.4 is 10.6 Å². The van der Waals surface area contributed by atoms with Crippen molar-refractivity contribution in [2.24, 2.45) is 0 Å². The first-order valence-corrected chi connectivity index (χ1v) is 5.71. The van der Waals surface area contributed by atoms with Crippen molar-refractivity contribution in [3.05, 3.63) is 0 Å². The first-order valence-electron chi connectivity index (χ1n) is 4.45. The average Bonchev–Trinajstić information content (AvgIpc) is 2.31. The summed E-state index contributed by atoms with van der Waals surface area (Å²) < 4.78 is 4.42. The summed E-state index contributed by atoms with van der Waals surface area (Å²) in [5, 5.41) is 4.51. The van der Waals surface area contributed by atoms with Crippen molar-refractivity contribution < 1.29 is 19.1 Å². The average molecular weight is 266 g/mol. The molecule has 0 saturated heterocycles. The van der Waals surface area contributed by atoms with E-state index in [1.165, 1.54) is 7.11 Å². The number of carbonyl (C=O) groups is 3. The summed E-state index contributed by atoms with van der Waals surface area (Å²) in [6.07, 6.45) is 0. The minimum atomic E-state index is -0.928. The van der Waals surface area contributed by atoms with E-state index in [9.17, 15) is 14.4 Å². The van der Waals surface area contributed by atoms with Crippen molar-refractivity contribution in [1.82, 2.24) is 10.6 Å². The van der Waals surface area contributed by atoms with E-state index in [0.717, 1.165) is 0 Å². The Morgan fingerprint density at radius 2 is 1.88 bits per heavy atom. The van der Waals surface area contributed by atoms with Gasteiger partial charge in [-0.15, -0.1) is 0 Å². The Hall–Kier alpha value is -0.890. The van der Waals surface area contributed by atoms with Gasteiger partial charge in [-0.3, -0.25) is 9.59 Å². The summed E-state index contributed by atoms with van der Waals surface area (Å²) in [6, 6.07) is -0.928. The molecule has 0 fully saturated rings. The lowest BCUT2D eigenvalue weighted by molar-refractivity contribution is -0.146. The number of amides is 2. The SMILES string of the molecule is COC(=O)C(CS)NC(=O)C(=O)NCCS. The van der Waals surface area contributed by atoms with Crippen molar-refractivity contribution >= 4 is 43.0 Å². The van der Waals surface area contributed by atoms with Crippen LogP contribution in [0, 0.1) is 0 Å². The van der Waals surface area contributed by atoms with Crippen LogP contribution in [0.3, 0.4) is 0 Å². The fraction of sp³-hybridized carbons (Fsp3) is 0.625. The van der Waals surface area contributed by atoms with Gasteiger partial charge >= 0.3 is 17.8 Å². The van der Waals surface area contributed by atoms with Crippen molar-refractivity contribution in [2.45, 2.75) is 6.04 Å². The Morgan fingerprint density at radius 3 is 2.31 bits per heavy atom. The van der Waals surface area contributed by atoms with Crippen molar-refractivity contribution in [2.75, 3.05) is 25.2 Å². The molecule has 0 aromatic heterocycles. The highest BCUT2D eigenvalue weighted by atomic mass is 32.1. The fourth-order valence-electron chi connectivity index (χ4n) is 0.795. The van der Waals surface area contributed by atoms with Crippen LogP contribution in [0.2, 0.25) is 0 Å². The quantitative estimate of drug-likeness (QED) is 0.281. The monoisotopic (exact) mass is 266 g/mol. The van der Waals surface area contributed by atoms with Gasteiger partial charge in [-0.05, 0) is 0 Å². The van der Waals surface area contributed by atoms with Gasteiger partial charge in [0.15, 0.2) is 0 Å². The fourth-order valence-corrected chi connectivity index (χ4v) is 1.15. The zero-order chi connectivity index (χ0) is 12.6. The maximum absolute atomic E-state index is 11.2. The van der Waals surface area contributed by atoms with E-state index in [2.05, 4.69) is 40.6 Å². The summed E-state index contributed by atoms with van der Waals surface area (Å²) in [7, 11) is 1.19. The van der Waals surface area contributed by atoms with Gasteiger partial charge in [-0.1, -0.05) is 0 Å². The minimum absolute atomic E-state index is 0.0538. The van der Waals surface area contributed by atoms with E-state index in [1.54, 1.807) is 0 Å². The Morgan fingerprint density at radius 1 is 1.25 bits per heavy atom. The van der Waals surface area contributed by atoms with Crippen LogP contribution in [0.4, 0.5) is 0 Å². The zero-order valence-corrected chi connectivity index (χ0v) is 10.5. The van der Waals surface area contributed by atoms with Crippen molar-refractivity contribution in [3.8, 4) is 0 Å². The van der Waals surface area contributed by atoms with Gasteiger partial charge in [0.05, 0.1) is 7.11 Å². The number of ether oxygens (including phenoxy) is 1. The molecule has 16 heavy (non-hydrogen) atoms. The molecule has 0 aliphatic rings. The molecule has 0 saturated carbocycles. The summed E-state index contributed by atoms with van der Waals surface area (Å²) in [5.41, 5.74) is 0. The van der Waals surface area contributed by atoms with Gasteiger partial charge < -0.3 is 15.4 Å². The second kappa shape index (κ2) is 8.28. The van der Waals surface area contributed by atoms with Crippen LogP contribution in [0.1, 0.15) is 0 Å². The van der Waals surface area contributed by atoms with E-state index < -0.39 is 23.8 Å². The molecule has 0 heterocycles. The topological polar surface area (TPSA) is 84.5 Å².